The smallest absolute Gasteiger partial charge is 0.0188 e. The summed E-state index contributed by atoms with van der Waals surface area (Å²) < 4.78 is 0. The van der Waals surface area contributed by atoms with E-state index in [9.17, 15) is 0 Å². The molecule has 0 aliphatic heterocycles. The summed E-state index contributed by atoms with van der Waals surface area (Å²) in [6.07, 6.45) is 10.0. The molecule has 0 aromatic heterocycles. The average molecular weight is 190 g/mol. The lowest BCUT2D eigenvalue weighted by Gasteiger charge is -2.02. The lowest BCUT2D eigenvalue weighted by molar-refractivity contribution is 1.44. The summed E-state index contributed by atoms with van der Waals surface area (Å²) in [6.45, 7) is 13.6. The van der Waals surface area contributed by atoms with Gasteiger partial charge in [0.05, 0.1) is 0 Å². The fourth-order valence-corrected chi connectivity index (χ4v) is 1.08. The Bertz CT molecular complexity index is 272. The molecule has 0 nitrogen and oxygen atoms in total. The van der Waals surface area contributed by atoms with Crippen molar-refractivity contribution in [1.82, 2.24) is 0 Å². The van der Waals surface area contributed by atoms with E-state index in [0.29, 0.717) is 0 Å². The third-order valence-corrected chi connectivity index (χ3v) is 1.61. The van der Waals surface area contributed by atoms with Crippen molar-refractivity contribution < 1.29 is 0 Å². The van der Waals surface area contributed by atoms with Gasteiger partial charge in [-0.1, -0.05) is 56.5 Å². The third-order valence-electron chi connectivity index (χ3n) is 1.61. The fraction of sp³-hybridized carbons (Fsp3) is 0.286. The van der Waals surface area contributed by atoms with Gasteiger partial charge in [-0.2, -0.15) is 0 Å². The van der Waals surface area contributed by atoms with Crippen LogP contribution >= 0.6 is 0 Å². The molecule has 0 heteroatoms. The molecule has 78 valence electrons. The molecule has 0 unspecified atom stereocenters. The first kappa shape index (κ1) is 15.2. The van der Waals surface area contributed by atoms with Gasteiger partial charge < -0.3 is 0 Å². The molecule has 0 N–H and O–H groups in total. The molecule has 0 aliphatic rings. The molecule has 0 fully saturated rings. The summed E-state index contributed by atoms with van der Waals surface area (Å²) >= 11 is 0. The van der Waals surface area contributed by atoms with E-state index in [-0.39, 0.29) is 7.43 Å². The van der Waals surface area contributed by atoms with Crippen LogP contribution in [0.5, 0.6) is 0 Å². The summed E-state index contributed by atoms with van der Waals surface area (Å²) in [7, 11) is 0. The van der Waals surface area contributed by atoms with E-state index in [1.54, 1.807) is 0 Å². The lowest BCUT2D eigenvalue weighted by atomic mass is 10.0. The van der Waals surface area contributed by atoms with E-state index in [2.05, 4.69) is 25.3 Å². The molecule has 0 amide bonds. The zero-order valence-corrected chi connectivity index (χ0v) is 8.80. The molecule has 0 rings (SSSR count). The van der Waals surface area contributed by atoms with Crippen LogP contribution in [0.4, 0.5) is 0 Å². The Kier molecular flexibility index (Phi) is 9.01. The van der Waals surface area contributed by atoms with Crippen LogP contribution in [0.3, 0.4) is 0 Å². The largest absolute Gasteiger partial charge is 0.0985 e. The molecule has 0 radical (unpaired) electrons. The minimum absolute atomic E-state index is 0. The molecule has 0 atom stereocenters. The first-order valence-corrected chi connectivity index (χ1v) is 4.44. The van der Waals surface area contributed by atoms with Crippen LogP contribution < -0.4 is 0 Å². The van der Waals surface area contributed by atoms with E-state index >= 15 is 0 Å². The van der Waals surface area contributed by atoms with Crippen molar-refractivity contribution in [3.8, 4) is 0 Å². The summed E-state index contributed by atoms with van der Waals surface area (Å²) in [4.78, 5) is 0. The molecule has 0 saturated heterocycles. The molecule has 0 bridgehead atoms. The minimum atomic E-state index is 0. The highest BCUT2D eigenvalue weighted by atomic mass is 14.0. The quantitative estimate of drug-likeness (QED) is 0.557. The predicted octanol–water partition coefficient (Wildman–Crippen LogP) is 4.83. The fourth-order valence-electron chi connectivity index (χ4n) is 1.08. The Morgan fingerprint density at radius 3 is 2.00 bits per heavy atom. The Balaban J connectivity index is 0. The van der Waals surface area contributed by atoms with Crippen LogP contribution in [0, 0.1) is 0 Å². The molecular formula is C14H22. The van der Waals surface area contributed by atoms with Gasteiger partial charge in [-0.05, 0) is 31.9 Å². The first-order chi connectivity index (χ1) is 6.15. The second kappa shape index (κ2) is 8.31. The van der Waals surface area contributed by atoms with Gasteiger partial charge in [-0.15, -0.1) is 0 Å². The second-order valence-corrected chi connectivity index (χ2v) is 2.89. The molecule has 0 spiro atoms. The van der Waals surface area contributed by atoms with Crippen molar-refractivity contribution in [3.05, 3.63) is 60.3 Å². The van der Waals surface area contributed by atoms with Crippen LogP contribution in [-0.4, -0.2) is 0 Å². The second-order valence-electron chi connectivity index (χ2n) is 2.89. The van der Waals surface area contributed by atoms with Crippen molar-refractivity contribution >= 4 is 0 Å². The van der Waals surface area contributed by atoms with Crippen LogP contribution in [0.15, 0.2) is 60.3 Å². The van der Waals surface area contributed by atoms with E-state index in [1.165, 1.54) is 0 Å². The molecule has 0 aromatic rings. The van der Waals surface area contributed by atoms with Crippen LogP contribution in [0.2, 0.25) is 0 Å². The standard InChI is InChI=1S/C13H18.CH4/c1-6-9-13(10-11(4)5)12(7-2)8-3;/h6-10H,2,4H2,1,3,5H3;1H4/b9-6-,12-8-,13-10-;. The minimum Gasteiger partial charge on any atom is -0.0985 e. The van der Waals surface area contributed by atoms with E-state index in [1.807, 2.05) is 39.0 Å². The van der Waals surface area contributed by atoms with Gasteiger partial charge in [0.1, 0.15) is 0 Å². The lowest BCUT2D eigenvalue weighted by Crippen LogP contribution is -1.82. The third kappa shape index (κ3) is 5.36. The molecular weight excluding hydrogens is 168 g/mol. The van der Waals surface area contributed by atoms with E-state index in [4.69, 9.17) is 0 Å². The molecule has 0 heterocycles. The van der Waals surface area contributed by atoms with E-state index < -0.39 is 0 Å². The molecule has 0 saturated carbocycles. The highest BCUT2D eigenvalue weighted by Gasteiger charge is 1.95. The van der Waals surface area contributed by atoms with Crippen molar-refractivity contribution in [3.63, 3.8) is 0 Å². The Labute approximate surface area is 89.0 Å². The van der Waals surface area contributed by atoms with Gasteiger partial charge >= 0.3 is 0 Å². The van der Waals surface area contributed by atoms with Gasteiger partial charge in [0.2, 0.25) is 0 Å². The predicted molar refractivity (Wildman–Crippen MR) is 68.4 cm³/mol. The first-order valence-electron chi connectivity index (χ1n) is 4.44. The summed E-state index contributed by atoms with van der Waals surface area (Å²) in [6, 6.07) is 0. The summed E-state index contributed by atoms with van der Waals surface area (Å²) in [5.41, 5.74) is 3.35. The Morgan fingerprint density at radius 2 is 1.71 bits per heavy atom. The van der Waals surface area contributed by atoms with Crippen molar-refractivity contribution in [2.45, 2.75) is 28.2 Å². The molecule has 0 aromatic carbocycles. The summed E-state index contributed by atoms with van der Waals surface area (Å²) in [5, 5.41) is 0. The summed E-state index contributed by atoms with van der Waals surface area (Å²) in [5.74, 6) is 0. The zero-order chi connectivity index (χ0) is 10.3. The van der Waals surface area contributed by atoms with Crippen LogP contribution in [-0.2, 0) is 0 Å². The Morgan fingerprint density at radius 1 is 1.14 bits per heavy atom. The van der Waals surface area contributed by atoms with Crippen molar-refractivity contribution in [2.24, 2.45) is 0 Å². The zero-order valence-electron chi connectivity index (χ0n) is 8.80. The van der Waals surface area contributed by atoms with Crippen LogP contribution in [0.1, 0.15) is 28.2 Å². The van der Waals surface area contributed by atoms with Gasteiger partial charge in [-0.25, -0.2) is 0 Å². The number of hydrogen-bond donors (Lipinski definition) is 0. The number of allylic oxidation sites excluding steroid dienone is 8. The highest BCUT2D eigenvalue weighted by Crippen LogP contribution is 2.14. The SMILES string of the molecule is C.C=CC(=C/C)/C(/C=C\C)=C\C(=C)C. The van der Waals surface area contributed by atoms with Gasteiger partial charge in [0.25, 0.3) is 0 Å². The van der Waals surface area contributed by atoms with Crippen LogP contribution in [0.25, 0.3) is 0 Å². The maximum atomic E-state index is 3.86. The van der Waals surface area contributed by atoms with Gasteiger partial charge in [0.15, 0.2) is 0 Å². The van der Waals surface area contributed by atoms with E-state index in [0.717, 1.165) is 16.7 Å². The maximum absolute atomic E-state index is 3.86. The highest BCUT2D eigenvalue weighted by molar-refractivity contribution is 5.48. The monoisotopic (exact) mass is 190 g/mol. The van der Waals surface area contributed by atoms with Gasteiger partial charge in [-0.3, -0.25) is 0 Å². The van der Waals surface area contributed by atoms with Crippen molar-refractivity contribution in [2.75, 3.05) is 0 Å². The van der Waals surface area contributed by atoms with Gasteiger partial charge in [0, 0.05) is 0 Å². The average Bonchev–Trinajstić information content (AvgIpc) is 2.05. The number of rotatable bonds is 4. The molecule has 0 aliphatic carbocycles. The van der Waals surface area contributed by atoms with Crippen molar-refractivity contribution in [1.29, 1.82) is 0 Å². The maximum Gasteiger partial charge on any atom is -0.0188 e. The normalized spacial score (nSPS) is 12.5. The Hall–Kier alpha value is -1.30. The molecule has 14 heavy (non-hydrogen) atoms. The topological polar surface area (TPSA) is 0 Å². The number of hydrogen-bond acceptors (Lipinski definition) is 0.